The lowest BCUT2D eigenvalue weighted by molar-refractivity contribution is -0.114. The zero-order valence-electron chi connectivity index (χ0n) is 10.4. The smallest absolute Gasteiger partial charge is 0.221 e. The van der Waals surface area contributed by atoms with Crippen molar-refractivity contribution in [3.05, 3.63) is 24.3 Å². The summed E-state index contributed by atoms with van der Waals surface area (Å²) in [6, 6.07) is 9.42. The fourth-order valence-corrected chi connectivity index (χ4v) is 1.70. The van der Waals surface area contributed by atoms with Crippen molar-refractivity contribution in [2.24, 2.45) is 0 Å². The van der Waals surface area contributed by atoms with Crippen LogP contribution in [0.2, 0.25) is 0 Å². The number of hydrogen-bond donors (Lipinski definition) is 2. The van der Waals surface area contributed by atoms with Gasteiger partial charge in [-0.15, -0.1) is 0 Å². The molecule has 1 amide bonds. The molecule has 0 aromatic heterocycles. The van der Waals surface area contributed by atoms with Crippen LogP contribution in [0.1, 0.15) is 13.3 Å². The lowest BCUT2D eigenvalue weighted by Crippen LogP contribution is -2.28. The van der Waals surface area contributed by atoms with E-state index < -0.39 is 0 Å². The normalized spacial score (nSPS) is 9.61. The van der Waals surface area contributed by atoms with Gasteiger partial charge in [0, 0.05) is 20.0 Å². The number of aliphatic hydroxyl groups is 1. The quantitative estimate of drug-likeness (QED) is 0.795. The van der Waals surface area contributed by atoms with Crippen molar-refractivity contribution < 1.29 is 9.90 Å². The zero-order valence-corrected chi connectivity index (χ0v) is 10.4. The van der Waals surface area contributed by atoms with E-state index in [0.29, 0.717) is 25.2 Å². The number of carbonyl (C=O) groups is 1. The summed E-state index contributed by atoms with van der Waals surface area (Å²) in [6.07, 6.45) is 0.369. The molecule has 1 aromatic rings. The Bertz CT molecular complexity index is 440. The van der Waals surface area contributed by atoms with E-state index in [0.717, 1.165) is 5.69 Å². The van der Waals surface area contributed by atoms with Crippen molar-refractivity contribution in [2.45, 2.75) is 13.3 Å². The Morgan fingerprint density at radius 1 is 1.44 bits per heavy atom. The van der Waals surface area contributed by atoms with Crippen molar-refractivity contribution >= 4 is 17.3 Å². The second-order valence-corrected chi connectivity index (χ2v) is 3.82. The van der Waals surface area contributed by atoms with Gasteiger partial charge in [0.15, 0.2) is 0 Å². The van der Waals surface area contributed by atoms with Gasteiger partial charge in [0.1, 0.15) is 0 Å². The van der Waals surface area contributed by atoms with E-state index in [1.165, 1.54) is 6.92 Å². The molecule has 0 unspecified atom stereocenters. The van der Waals surface area contributed by atoms with E-state index in [-0.39, 0.29) is 12.5 Å². The summed E-state index contributed by atoms with van der Waals surface area (Å²) in [7, 11) is 0. The first kappa shape index (κ1) is 14.0. The molecule has 0 saturated heterocycles. The van der Waals surface area contributed by atoms with Gasteiger partial charge in [-0.25, -0.2) is 0 Å². The lowest BCUT2D eigenvalue weighted by atomic mass is 10.2. The second-order valence-electron chi connectivity index (χ2n) is 3.82. The molecular formula is C13H17N3O2. The first-order valence-corrected chi connectivity index (χ1v) is 5.78. The Labute approximate surface area is 107 Å². The number of hydrogen-bond acceptors (Lipinski definition) is 4. The molecule has 1 rings (SSSR count). The first-order valence-electron chi connectivity index (χ1n) is 5.78. The van der Waals surface area contributed by atoms with Gasteiger partial charge in [0.05, 0.1) is 30.5 Å². The third-order valence-electron chi connectivity index (χ3n) is 2.42. The summed E-state index contributed by atoms with van der Waals surface area (Å²) in [5.41, 5.74) is 1.51. The average Bonchev–Trinajstić information content (AvgIpc) is 2.35. The van der Waals surface area contributed by atoms with E-state index in [1.54, 1.807) is 6.07 Å². The molecule has 0 radical (unpaired) electrons. The fraction of sp³-hybridized carbons (Fsp3) is 0.385. The van der Waals surface area contributed by atoms with Crippen molar-refractivity contribution in [2.75, 3.05) is 29.9 Å². The van der Waals surface area contributed by atoms with Gasteiger partial charge < -0.3 is 15.3 Å². The molecule has 5 heteroatoms. The summed E-state index contributed by atoms with van der Waals surface area (Å²) in [5, 5.41) is 20.4. The highest BCUT2D eigenvalue weighted by Gasteiger charge is 2.10. The summed E-state index contributed by atoms with van der Waals surface area (Å²) in [6.45, 7) is 2.40. The van der Waals surface area contributed by atoms with Crippen LogP contribution in [0.3, 0.4) is 0 Å². The number of rotatable bonds is 6. The Morgan fingerprint density at radius 3 is 2.78 bits per heavy atom. The summed E-state index contributed by atoms with van der Waals surface area (Å²) in [4.78, 5) is 13.0. The highest BCUT2D eigenvalue weighted by molar-refractivity contribution is 5.92. The van der Waals surface area contributed by atoms with Crippen molar-refractivity contribution in [1.29, 1.82) is 5.26 Å². The number of anilines is 2. The van der Waals surface area contributed by atoms with Crippen molar-refractivity contribution in [3.63, 3.8) is 0 Å². The molecule has 0 bridgehead atoms. The van der Waals surface area contributed by atoms with Gasteiger partial charge in [0.2, 0.25) is 5.91 Å². The van der Waals surface area contributed by atoms with Crippen LogP contribution in [0.5, 0.6) is 0 Å². The van der Waals surface area contributed by atoms with Crippen LogP contribution in [0.15, 0.2) is 24.3 Å². The highest BCUT2D eigenvalue weighted by Crippen LogP contribution is 2.25. The molecule has 0 heterocycles. The second kappa shape index (κ2) is 7.30. The SMILES string of the molecule is CC(=O)Nc1ccccc1N(CCO)CCC#N. The molecule has 0 aliphatic carbocycles. The maximum Gasteiger partial charge on any atom is 0.221 e. The van der Waals surface area contributed by atoms with Crippen LogP contribution in [0.4, 0.5) is 11.4 Å². The summed E-state index contributed by atoms with van der Waals surface area (Å²) >= 11 is 0. The number of nitrogens with one attached hydrogen (secondary N) is 1. The van der Waals surface area contributed by atoms with Gasteiger partial charge in [0.25, 0.3) is 0 Å². The van der Waals surface area contributed by atoms with E-state index >= 15 is 0 Å². The molecule has 5 nitrogen and oxygen atoms in total. The van der Waals surface area contributed by atoms with E-state index in [1.807, 2.05) is 23.1 Å². The monoisotopic (exact) mass is 247 g/mol. The standard InChI is InChI=1S/C13H17N3O2/c1-11(18)15-12-5-2-3-6-13(12)16(9-10-17)8-4-7-14/h2-3,5-6,17H,4,8-10H2,1H3,(H,15,18). The first-order chi connectivity index (χ1) is 8.69. The lowest BCUT2D eigenvalue weighted by Gasteiger charge is -2.25. The molecule has 0 saturated carbocycles. The van der Waals surface area contributed by atoms with Crippen molar-refractivity contribution in [3.8, 4) is 6.07 Å². The van der Waals surface area contributed by atoms with Gasteiger partial charge in [-0.05, 0) is 12.1 Å². The predicted octanol–water partition coefficient (Wildman–Crippen LogP) is 1.36. The van der Waals surface area contributed by atoms with Crippen LogP contribution >= 0.6 is 0 Å². The van der Waals surface area contributed by atoms with Gasteiger partial charge in [-0.3, -0.25) is 4.79 Å². The molecule has 96 valence electrons. The Balaban J connectivity index is 2.95. The molecule has 0 aliphatic rings. The molecular weight excluding hydrogens is 230 g/mol. The van der Waals surface area contributed by atoms with Crippen LogP contribution in [0.25, 0.3) is 0 Å². The minimum Gasteiger partial charge on any atom is -0.395 e. The maximum absolute atomic E-state index is 11.1. The zero-order chi connectivity index (χ0) is 13.4. The number of nitrogens with zero attached hydrogens (tertiary/aromatic N) is 2. The molecule has 0 spiro atoms. The topological polar surface area (TPSA) is 76.4 Å². The number of aliphatic hydroxyl groups excluding tert-OH is 1. The fourth-order valence-electron chi connectivity index (χ4n) is 1.70. The number of para-hydroxylation sites is 2. The molecule has 0 aliphatic heterocycles. The van der Waals surface area contributed by atoms with Crippen LogP contribution in [0, 0.1) is 11.3 Å². The number of benzene rings is 1. The van der Waals surface area contributed by atoms with Crippen LogP contribution < -0.4 is 10.2 Å². The maximum atomic E-state index is 11.1. The summed E-state index contributed by atoms with van der Waals surface area (Å²) in [5.74, 6) is -0.147. The van der Waals surface area contributed by atoms with Gasteiger partial charge in [-0.2, -0.15) is 5.26 Å². The molecule has 1 aromatic carbocycles. The molecule has 0 atom stereocenters. The van der Waals surface area contributed by atoms with E-state index in [9.17, 15) is 4.79 Å². The summed E-state index contributed by atoms with van der Waals surface area (Å²) < 4.78 is 0. The Morgan fingerprint density at radius 2 is 2.17 bits per heavy atom. The predicted molar refractivity (Wildman–Crippen MR) is 70.3 cm³/mol. The third-order valence-corrected chi connectivity index (χ3v) is 2.42. The Hall–Kier alpha value is -2.06. The third kappa shape index (κ3) is 4.07. The molecule has 2 N–H and O–H groups in total. The van der Waals surface area contributed by atoms with Crippen molar-refractivity contribution in [1.82, 2.24) is 0 Å². The minimum absolute atomic E-state index is 0.000164. The minimum atomic E-state index is -0.147. The number of nitriles is 1. The largest absolute Gasteiger partial charge is 0.395 e. The Kier molecular flexibility index (Phi) is 5.68. The van der Waals surface area contributed by atoms with Gasteiger partial charge >= 0.3 is 0 Å². The van der Waals surface area contributed by atoms with Crippen LogP contribution in [-0.2, 0) is 4.79 Å². The molecule has 0 fully saturated rings. The number of amides is 1. The average molecular weight is 247 g/mol. The number of carbonyl (C=O) groups excluding carboxylic acids is 1. The van der Waals surface area contributed by atoms with E-state index in [2.05, 4.69) is 11.4 Å². The van der Waals surface area contributed by atoms with Crippen LogP contribution in [-0.4, -0.2) is 30.7 Å². The molecule has 18 heavy (non-hydrogen) atoms. The highest BCUT2D eigenvalue weighted by atomic mass is 16.3. The van der Waals surface area contributed by atoms with E-state index in [4.69, 9.17) is 10.4 Å². The van der Waals surface area contributed by atoms with Gasteiger partial charge in [-0.1, -0.05) is 12.1 Å².